The van der Waals surface area contributed by atoms with E-state index in [2.05, 4.69) is 4.98 Å². The molecular formula is C14H16N2O4S. The summed E-state index contributed by atoms with van der Waals surface area (Å²) in [7, 11) is -3.72. The van der Waals surface area contributed by atoms with E-state index in [4.69, 9.17) is 0 Å². The van der Waals surface area contributed by atoms with Gasteiger partial charge in [-0.1, -0.05) is 38.0 Å². The van der Waals surface area contributed by atoms with Crippen LogP contribution in [0.4, 0.5) is 5.69 Å². The lowest BCUT2D eigenvalue weighted by atomic mass is 10.2. The summed E-state index contributed by atoms with van der Waals surface area (Å²) in [5.41, 5.74) is -0.0117. The first-order valence-electron chi connectivity index (χ1n) is 6.72. The monoisotopic (exact) mass is 308 g/mol. The van der Waals surface area contributed by atoms with E-state index in [-0.39, 0.29) is 10.6 Å². The van der Waals surface area contributed by atoms with Gasteiger partial charge in [-0.15, -0.1) is 0 Å². The van der Waals surface area contributed by atoms with Crippen molar-refractivity contribution in [2.24, 2.45) is 0 Å². The fourth-order valence-electron chi connectivity index (χ4n) is 2.21. The molecule has 1 aromatic carbocycles. The quantitative estimate of drug-likeness (QED) is 0.464. The largest absolute Gasteiger partial charge is 0.306 e. The van der Waals surface area contributed by atoms with Crippen molar-refractivity contribution < 1.29 is 13.3 Å². The van der Waals surface area contributed by atoms with Crippen LogP contribution in [0.15, 0.2) is 35.4 Å². The van der Waals surface area contributed by atoms with Gasteiger partial charge < -0.3 is 0 Å². The highest BCUT2D eigenvalue weighted by atomic mass is 32.2. The van der Waals surface area contributed by atoms with E-state index in [1.807, 2.05) is 6.92 Å². The molecule has 1 heterocycles. The Bertz CT molecular complexity index is 772. The molecule has 112 valence electrons. The van der Waals surface area contributed by atoms with Gasteiger partial charge in [0.2, 0.25) is 0 Å². The number of sulfone groups is 1. The molecule has 0 unspecified atom stereocenters. The number of nitro groups is 1. The average Bonchev–Trinajstić information content (AvgIpc) is 2.46. The van der Waals surface area contributed by atoms with Crippen LogP contribution in [0.1, 0.15) is 26.2 Å². The normalized spacial score (nSPS) is 11.7. The number of nitrogens with zero attached hydrogens (tertiary/aromatic N) is 2. The Morgan fingerprint density at radius 1 is 1.24 bits per heavy atom. The smallest absolute Gasteiger partial charge is 0.258 e. The van der Waals surface area contributed by atoms with Gasteiger partial charge in [0.1, 0.15) is 6.20 Å². The maximum absolute atomic E-state index is 12.5. The lowest BCUT2D eigenvalue weighted by molar-refractivity contribution is -0.387. The lowest BCUT2D eigenvalue weighted by Gasteiger charge is -2.08. The second kappa shape index (κ2) is 6.17. The van der Waals surface area contributed by atoms with Crippen molar-refractivity contribution in [3.8, 4) is 0 Å². The first-order chi connectivity index (χ1) is 9.97. The maximum Gasteiger partial charge on any atom is 0.306 e. The zero-order valence-electron chi connectivity index (χ0n) is 11.7. The fraction of sp³-hybridized carbons (Fsp3) is 0.357. The third kappa shape index (κ3) is 3.18. The first-order valence-corrected chi connectivity index (χ1v) is 8.37. The molecule has 0 spiro atoms. The number of hydrogen-bond donors (Lipinski definition) is 0. The number of fused-ring (bicyclic) bond motifs is 1. The summed E-state index contributed by atoms with van der Waals surface area (Å²) in [4.78, 5) is 14.2. The minimum atomic E-state index is -3.72. The molecule has 0 aliphatic heterocycles. The summed E-state index contributed by atoms with van der Waals surface area (Å²) in [6.07, 6.45) is 3.17. The number of unbranched alkanes of at least 4 members (excludes halogenated alkanes) is 2. The first kappa shape index (κ1) is 15.4. The van der Waals surface area contributed by atoms with Crippen molar-refractivity contribution >= 4 is 26.4 Å². The molecule has 0 amide bonds. The molecule has 0 N–H and O–H groups in total. The molecule has 21 heavy (non-hydrogen) atoms. The summed E-state index contributed by atoms with van der Waals surface area (Å²) < 4.78 is 25.0. The van der Waals surface area contributed by atoms with Crippen LogP contribution in [0.2, 0.25) is 0 Å². The Hall–Kier alpha value is -2.02. The molecule has 0 aliphatic carbocycles. The van der Waals surface area contributed by atoms with E-state index in [1.165, 1.54) is 0 Å². The van der Waals surface area contributed by atoms with Crippen LogP contribution in [-0.2, 0) is 9.84 Å². The SMILES string of the molecule is CCCCCS(=O)(=O)c1c([N+](=O)[O-])cnc2ccccc12. The Labute approximate surface area is 122 Å². The molecule has 0 aliphatic rings. The zero-order valence-corrected chi connectivity index (χ0v) is 12.5. The van der Waals surface area contributed by atoms with E-state index in [1.54, 1.807) is 24.3 Å². The molecule has 2 rings (SSSR count). The van der Waals surface area contributed by atoms with E-state index in [9.17, 15) is 18.5 Å². The number of aromatic nitrogens is 1. The van der Waals surface area contributed by atoms with E-state index < -0.39 is 20.4 Å². The topological polar surface area (TPSA) is 90.2 Å². The van der Waals surface area contributed by atoms with Gasteiger partial charge in [-0.2, -0.15) is 0 Å². The summed E-state index contributed by atoms with van der Waals surface area (Å²) in [6.45, 7) is 1.97. The Kier molecular flexibility index (Phi) is 4.52. The second-order valence-electron chi connectivity index (χ2n) is 4.77. The second-order valence-corrected chi connectivity index (χ2v) is 6.82. The number of rotatable bonds is 6. The van der Waals surface area contributed by atoms with Crippen molar-refractivity contribution in [2.75, 3.05) is 5.75 Å². The van der Waals surface area contributed by atoms with Gasteiger partial charge in [-0.05, 0) is 12.5 Å². The highest BCUT2D eigenvalue weighted by Gasteiger charge is 2.28. The number of hydrogen-bond acceptors (Lipinski definition) is 5. The van der Waals surface area contributed by atoms with Crippen LogP contribution in [0.25, 0.3) is 10.9 Å². The van der Waals surface area contributed by atoms with E-state index in [0.717, 1.165) is 19.0 Å². The summed E-state index contributed by atoms with van der Waals surface area (Å²) in [5.74, 6) is -0.0876. The van der Waals surface area contributed by atoms with Gasteiger partial charge in [-0.3, -0.25) is 10.1 Å². The van der Waals surface area contributed by atoms with Crippen LogP contribution in [-0.4, -0.2) is 24.1 Å². The molecule has 0 atom stereocenters. The third-order valence-electron chi connectivity index (χ3n) is 3.23. The summed E-state index contributed by atoms with van der Waals surface area (Å²) >= 11 is 0. The van der Waals surface area contributed by atoms with Crippen molar-refractivity contribution in [2.45, 2.75) is 31.1 Å². The Morgan fingerprint density at radius 3 is 2.62 bits per heavy atom. The third-order valence-corrected chi connectivity index (χ3v) is 5.11. The molecule has 6 nitrogen and oxygen atoms in total. The van der Waals surface area contributed by atoms with Gasteiger partial charge in [-0.25, -0.2) is 13.4 Å². The van der Waals surface area contributed by atoms with Gasteiger partial charge in [0.15, 0.2) is 14.7 Å². The van der Waals surface area contributed by atoms with Crippen LogP contribution in [0, 0.1) is 10.1 Å². The molecule has 0 saturated heterocycles. The fourth-order valence-corrected chi connectivity index (χ4v) is 3.95. The minimum absolute atomic E-state index is 0.0876. The van der Waals surface area contributed by atoms with Crippen LogP contribution < -0.4 is 0 Å². The molecule has 0 fully saturated rings. The molecule has 0 radical (unpaired) electrons. The van der Waals surface area contributed by atoms with Crippen molar-refractivity contribution in [1.29, 1.82) is 0 Å². The van der Waals surface area contributed by atoms with Gasteiger partial charge in [0.25, 0.3) is 0 Å². The van der Waals surface area contributed by atoms with Crippen molar-refractivity contribution in [3.63, 3.8) is 0 Å². The highest BCUT2D eigenvalue weighted by molar-refractivity contribution is 7.91. The maximum atomic E-state index is 12.5. The number of pyridine rings is 1. The Morgan fingerprint density at radius 2 is 1.95 bits per heavy atom. The molecule has 7 heteroatoms. The van der Waals surface area contributed by atoms with Gasteiger partial charge in [0.05, 0.1) is 16.2 Å². The van der Waals surface area contributed by atoms with Crippen molar-refractivity contribution in [1.82, 2.24) is 4.98 Å². The zero-order chi connectivity index (χ0) is 15.5. The molecule has 1 aromatic heterocycles. The molecular weight excluding hydrogens is 292 g/mol. The average molecular weight is 308 g/mol. The summed E-state index contributed by atoms with van der Waals surface area (Å²) in [5, 5.41) is 11.5. The Balaban J connectivity index is 2.64. The van der Waals surface area contributed by atoms with E-state index in [0.29, 0.717) is 17.3 Å². The minimum Gasteiger partial charge on any atom is -0.258 e. The van der Waals surface area contributed by atoms with E-state index >= 15 is 0 Å². The van der Waals surface area contributed by atoms with Gasteiger partial charge >= 0.3 is 5.69 Å². The number of benzene rings is 1. The molecule has 0 saturated carbocycles. The van der Waals surface area contributed by atoms with Crippen LogP contribution in [0.3, 0.4) is 0 Å². The van der Waals surface area contributed by atoms with Crippen LogP contribution >= 0.6 is 0 Å². The number of para-hydroxylation sites is 1. The molecule has 0 bridgehead atoms. The van der Waals surface area contributed by atoms with Crippen molar-refractivity contribution in [3.05, 3.63) is 40.6 Å². The lowest BCUT2D eigenvalue weighted by Crippen LogP contribution is -2.11. The molecule has 2 aromatic rings. The predicted octanol–water partition coefficient (Wildman–Crippen LogP) is 3.11. The summed E-state index contributed by atoms with van der Waals surface area (Å²) in [6, 6.07) is 6.57. The highest BCUT2D eigenvalue weighted by Crippen LogP contribution is 2.31. The van der Waals surface area contributed by atoms with Gasteiger partial charge in [0, 0.05) is 5.39 Å². The standard InChI is InChI=1S/C14H16N2O4S/c1-2-3-6-9-21(19,20)14-11-7-4-5-8-12(11)15-10-13(14)16(17)18/h4-5,7-8,10H,2-3,6,9H2,1H3. The van der Waals surface area contributed by atoms with Crippen LogP contribution in [0.5, 0.6) is 0 Å². The predicted molar refractivity (Wildman–Crippen MR) is 80.0 cm³/mol.